The molecule has 0 saturated carbocycles. The number of benzene rings is 2. The van der Waals surface area contributed by atoms with Crippen molar-refractivity contribution in [3.63, 3.8) is 0 Å². The van der Waals surface area contributed by atoms with Crippen LogP contribution in [0.4, 0.5) is 5.69 Å². The van der Waals surface area contributed by atoms with Crippen LogP contribution in [0.1, 0.15) is 42.2 Å². The number of nitro groups is 1. The zero-order valence-electron chi connectivity index (χ0n) is 15.2. The molecule has 0 radical (unpaired) electrons. The lowest BCUT2D eigenvalue weighted by Crippen LogP contribution is -2.38. The summed E-state index contributed by atoms with van der Waals surface area (Å²) in [6.45, 7) is 0. The van der Waals surface area contributed by atoms with Crippen LogP contribution < -0.4 is 5.32 Å². The number of hydrogen-bond acceptors (Lipinski definition) is 4. The number of halogens is 2. The molecule has 0 spiro atoms. The molecule has 2 aromatic rings. The molecule has 2 aromatic carbocycles. The van der Waals surface area contributed by atoms with Crippen molar-refractivity contribution in [3.8, 4) is 0 Å². The molecule has 4 rings (SSSR count). The van der Waals surface area contributed by atoms with Crippen molar-refractivity contribution in [3.05, 3.63) is 85.0 Å². The Kier molecular flexibility index (Phi) is 5.15. The first kappa shape index (κ1) is 19.6. The summed E-state index contributed by atoms with van der Waals surface area (Å²) in [6.07, 6.45) is 0.725. The van der Waals surface area contributed by atoms with Gasteiger partial charge in [-0.05, 0) is 35.6 Å². The average Bonchev–Trinajstić information content (AvgIpc) is 2.67. The van der Waals surface area contributed by atoms with Gasteiger partial charge >= 0.3 is 0 Å². The Balaban J connectivity index is 1.77. The predicted octanol–water partition coefficient (Wildman–Crippen LogP) is 4.91. The molecule has 2 unspecified atom stereocenters. The second-order valence-corrected chi connectivity index (χ2v) is 8.02. The number of non-ortho nitro benzene ring substituents is 1. The van der Waals surface area contributed by atoms with Crippen molar-refractivity contribution < 1.29 is 14.5 Å². The normalized spacial score (nSPS) is 21.6. The summed E-state index contributed by atoms with van der Waals surface area (Å²) in [4.78, 5) is 36.2. The largest absolute Gasteiger partial charge is 0.329 e. The highest BCUT2D eigenvalue weighted by molar-refractivity contribution is 6.32. The van der Waals surface area contributed by atoms with E-state index in [2.05, 4.69) is 5.32 Å². The highest BCUT2D eigenvalue weighted by atomic mass is 35.5. The number of nitrogens with zero attached hydrogens (tertiary/aromatic N) is 1. The topological polar surface area (TPSA) is 89.3 Å². The van der Waals surface area contributed by atoms with Gasteiger partial charge in [0.25, 0.3) is 5.69 Å². The van der Waals surface area contributed by atoms with Gasteiger partial charge in [0.15, 0.2) is 5.78 Å². The number of Topliss-reactive ketones (excluding diaryl/α,β-unsaturated/α-hetero) is 1. The van der Waals surface area contributed by atoms with Crippen LogP contribution in [0, 0.1) is 10.1 Å². The van der Waals surface area contributed by atoms with Crippen LogP contribution >= 0.6 is 23.2 Å². The first-order valence-corrected chi connectivity index (χ1v) is 9.85. The van der Waals surface area contributed by atoms with E-state index >= 15 is 0 Å². The number of hydrogen-bond donors (Lipinski definition) is 1. The third kappa shape index (κ3) is 3.66. The van der Waals surface area contributed by atoms with E-state index in [0.717, 1.165) is 5.56 Å². The van der Waals surface area contributed by atoms with Crippen molar-refractivity contribution in [2.45, 2.75) is 31.1 Å². The molecular weight excluding hydrogens is 415 g/mol. The van der Waals surface area contributed by atoms with Crippen LogP contribution in [0.3, 0.4) is 0 Å². The predicted molar refractivity (Wildman–Crippen MR) is 109 cm³/mol. The molecule has 1 heterocycles. The molecule has 6 nitrogen and oxygen atoms in total. The van der Waals surface area contributed by atoms with Gasteiger partial charge in [0.1, 0.15) is 0 Å². The zero-order valence-corrected chi connectivity index (χ0v) is 16.7. The third-order valence-corrected chi connectivity index (χ3v) is 6.14. The van der Waals surface area contributed by atoms with E-state index in [1.165, 1.54) is 18.2 Å². The van der Waals surface area contributed by atoms with Gasteiger partial charge in [-0.2, -0.15) is 0 Å². The zero-order chi connectivity index (χ0) is 20.7. The first-order valence-electron chi connectivity index (χ1n) is 9.09. The van der Waals surface area contributed by atoms with Crippen LogP contribution in [0.25, 0.3) is 0 Å². The van der Waals surface area contributed by atoms with Gasteiger partial charge in [0, 0.05) is 52.2 Å². The second kappa shape index (κ2) is 7.61. The number of nitro benzene ring substituents is 1. The highest BCUT2D eigenvalue weighted by Gasteiger charge is 2.39. The average molecular weight is 431 g/mol. The molecule has 1 aliphatic carbocycles. The van der Waals surface area contributed by atoms with Crippen LogP contribution in [0.2, 0.25) is 10.0 Å². The molecule has 2 atom stereocenters. The minimum atomic E-state index is -0.606. The Bertz CT molecular complexity index is 1080. The standard InChI is InChI=1S/C21H16Cl2N2O4/c22-16-4-2-1-3-13(16)11-7-18-21(19(26)8-11)15(10-20(27)24-18)14-9-12(25(28)29)5-6-17(14)23/h1-6,9,11,15H,7-8,10H2,(H,24,27). The molecule has 1 N–H and O–H groups in total. The van der Waals surface area contributed by atoms with Crippen molar-refractivity contribution in [1.82, 2.24) is 5.32 Å². The Hall–Kier alpha value is -2.70. The molecule has 2 aliphatic rings. The summed E-state index contributed by atoms with van der Waals surface area (Å²) < 4.78 is 0. The fraction of sp³-hybridized carbons (Fsp3) is 0.238. The number of nitrogens with one attached hydrogen (secondary N) is 1. The van der Waals surface area contributed by atoms with Crippen molar-refractivity contribution in [1.29, 1.82) is 0 Å². The van der Waals surface area contributed by atoms with Gasteiger partial charge in [0.05, 0.1) is 4.92 Å². The summed E-state index contributed by atoms with van der Waals surface area (Å²) in [5, 5.41) is 14.9. The SMILES string of the molecule is O=C1CC(c2cc([N+](=O)[O-])ccc2Cl)C2=C(CC(c3ccccc3Cl)CC2=O)N1. The summed E-state index contributed by atoms with van der Waals surface area (Å²) in [5.74, 6) is -1.10. The number of ketones is 1. The Morgan fingerprint density at radius 1 is 0.966 bits per heavy atom. The molecule has 29 heavy (non-hydrogen) atoms. The summed E-state index contributed by atoms with van der Waals surface area (Å²) >= 11 is 12.6. The number of carbonyl (C=O) groups is 2. The maximum Gasteiger partial charge on any atom is 0.269 e. The lowest BCUT2D eigenvalue weighted by Gasteiger charge is -2.34. The summed E-state index contributed by atoms with van der Waals surface area (Å²) in [7, 11) is 0. The van der Waals surface area contributed by atoms with E-state index in [1.54, 1.807) is 6.07 Å². The fourth-order valence-electron chi connectivity index (χ4n) is 4.16. The lowest BCUT2D eigenvalue weighted by molar-refractivity contribution is -0.384. The van der Waals surface area contributed by atoms with Gasteiger partial charge in [-0.15, -0.1) is 0 Å². The fourth-order valence-corrected chi connectivity index (χ4v) is 4.70. The van der Waals surface area contributed by atoms with E-state index < -0.39 is 10.8 Å². The van der Waals surface area contributed by atoms with Crippen molar-refractivity contribution in [2.24, 2.45) is 0 Å². The van der Waals surface area contributed by atoms with Crippen molar-refractivity contribution >= 4 is 40.6 Å². The van der Waals surface area contributed by atoms with E-state index in [9.17, 15) is 19.7 Å². The van der Waals surface area contributed by atoms with E-state index in [1.807, 2.05) is 18.2 Å². The summed E-state index contributed by atoms with van der Waals surface area (Å²) in [5.41, 5.74) is 2.19. The number of amides is 1. The lowest BCUT2D eigenvalue weighted by atomic mass is 9.73. The monoisotopic (exact) mass is 430 g/mol. The smallest absolute Gasteiger partial charge is 0.269 e. The number of allylic oxidation sites excluding steroid dienone is 2. The van der Waals surface area contributed by atoms with Gasteiger partial charge in [-0.3, -0.25) is 19.7 Å². The van der Waals surface area contributed by atoms with Crippen LogP contribution in [0.15, 0.2) is 53.7 Å². The maximum atomic E-state index is 13.1. The van der Waals surface area contributed by atoms with Crippen molar-refractivity contribution in [2.75, 3.05) is 0 Å². The minimum Gasteiger partial charge on any atom is -0.329 e. The van der Waals surface area contributed by atoms with Gasteiger partial charge in [-0.1, -0.05) is 41.4 Å². The molecule has 0 aromatic heterocycles. The van der Waals surface area contributed by atoms with Gasteiger partial charge in [-0.25, -0.2) is 0 Å². The molecule has 8 heteroatoms. The van der Waals surface area contributed by atoms with E-state index in [0.29, 0.717) is 33.3 Å². The minimum absolute atomic E-state index is 0.0161. The van der Waals surface area contributed by atoms with Gasteiger partial charge < -0.3 is 5.32 Å². The quantitative estimate of drug-likeness (QED) is 0.553. The molecule has 0 bridgehead atoms. The molecule has 0 fully saturated rings. The highest BCUT2D eigenvalue weighted by Crippen LogP contribution is 2.45. The number of rotatable bonds is 3. The molecule has 148 valence electrons. The van der Waals surface area contributed by atoms with Gasteiger partial charge in [0.2, 0.25) is 5.91 Å². The Morgan fingerprint density at radius 2 is 1.69 bits per heavy atom. The Morgan fingerprint density at radius 3 is 2.41 bits per heavy atom. The molecule has 1 aliphatic heterocycles. The molecule has 1 amide bonds. The maximum absolute atomic E-state index is 13.1. The van der Waals surface area contributed by atoms with E-state index in [-0.39, 0.29) is 36.1 Å². The second-order valence-electron chi connectivity index (χ2n) is 7.21. The number of carbonyl (C=O) groups excluding carboxylic acids is 2. The molecule has 0 saturated heterocycles. The van der Waals surface area contributed by atoms with Crippen LogP contribution in [-0.2, 0) is 9.59 Å². The van der Waals surface area contributed by atoms with Crippen LogP contribution in [0.5, 0.6) is 0 Å². The molecular formula is C21H16Cl2N2O4. The van der Waals surface area contributed by atoms with E-state index in [4.69, 9.17) is 23.2 Å². The first-order chi connectivity index (χ1) is 13.8. The Labute approximate surface area is 176 Å². The van der Waals surface area contributed by atoms with Crippen LogP contribution in [-0.4, -0.2) is 16.6 Å². The third-order valence-electron chi connectivity index (χ3n) is 5.45. The summed E-state index contributed by atoms with van der Waals surface area (Å²) in [6, 6.07) is 11.4.